The normalized spacial score (nSPS) is 19.3. The van der Waals surface area contributed by atoms with Crippen LogP contribution in [-0.4, -0.2) is 40.2 Å². The Morgan fingerprint density at radius 2 is 2.17 bits per heavy atom. The molecule has 1 aliphatic rings. The zero-order valence-corrected chi connectivity index (χ0v) is 13.4. The van der Waals surface area contributed by atoms with Crippen molar-refractivity contribution in [2.24, 2.45) is 10.2 Å². The molecule has 0 aromatic heterocycles. The number of carboxylic acids is 1. The highest BCUT2D eigenvalue weighted by Gasteiger charge is 2.32. The van der Waals surface area contributed by atoms with Gasteiger partial charge in [-0.15, -0.1) is 5.10 Å². The van der Waals surface area contributed by atoms with Crippen LogP contribution >= 0.6 is 11.8 Å². The second-order valence-electron chi connectivity index (χ2n) is 4.76. The Balaban J connectivity index is 1.90. The SMILES string of the molecule is CCCOc1ccc(C=N/N=C2/NC(=O)[C@H](CC(=O)O)S2)cc1. The molecule has 0 saturated carbocycles. The molecule has 1 aromatic rings. The number of nitrogens with one attached hydrogen (secondary N) is 1. The van der Waals surface area contributed by atoms with Crippen molar-refractivity contribution in [3.8, 4) is 5.75 Å². The zero-order chi connectivity index (χ0) is 16.7. The highest BCUT2D eigenvalue weighted by atomic mass is 32.2. The number of thioether (sulfide) groups is 1. The van der Waals surface area contributed by atoms with Crippen LogP contribution in [0.2, 0.25) is 0 Å². The first-order valence-corrected chi connectivity index (χ1v) is 7.99. The smallest absolute Gasteiger partial charge is 0.305 e. The summed E-state index contributed by atoms with van der Waals surface area (Å²) < 4.78 is 5.48. The summed E-state index contributed by atoms with van der Waals surface area (Å²) in [5.74, 6) is -0.581. The van der Waals surface area contributed by atoms with E-state index in [1.165, 1.54) is 0 Å². The van der Waals surface area contributed by atoms with Crippen LogP contribution in [-0.2, 0) is 9.59 Å². The summed E-state index contributed by atoms with van der Waals surface area (Å²) in [6.07, 6.45) is 2.26. The average Bonchev–Trinajstić information content (AvgIpc) is 2.86. The van der Waals surface area contributed by atoms with E-state index in [4.69, 9.17) is 9.84 Å². The maximum absolute atomic E-state index is 11.5. The third-order valence-corrected chi connectivity index (χ3v) is 3.92. The molecule has 1 aliphatic heterocycles. The maximum Gasteiger partial charge on any atom is 0.305 e. The number of benzene rings is 1. The van der Waals surface area contributed by atoms with E-state index < -0.39 is 11.2 Å². The van der Waals surface area contributed by atoms with Crippen molar-refractivity contribution in [1.29, 1.82) is 0 Å². The number of hydrogen-bond donors (Lipinski definition) is 2. The van der Waals surface area contributed by atoms with Gasteiger partial charge in [-0.3, -0.25) is 9.59 Å². The van der Waals surface area contributed by atoms with Crippen molar-refractivity contribution >= 4 is 35.0 Å². The predicted molar refractivity (Wildman–Crippen MR) is 89.0 cm³/mol. The predicted octanol–water partition coefficient (Wildman–Crippen LogP) is 1.87. The van der Waals surface area contributed by atoms with Crippen LogP contribution in [0.5, 0.6) is 5.75 Å². The van der Waals surface area contributed by atoms with E-state index >= 15 is 0 Å². The molecule has 0 bridgehead atoms. The Bertz CT molecular complexity index is 628. The van der Waals surface area contributed by atoms with Crippen LogP contribution < -0.4 is 10.1 Å². The molecule has 1 fully saturated rings. The van der Waals surface area contributed by atoms with E-state index in [-0.39, 0.29) is 12.3 Å². The lowest BCUT2D eigenvalue weighted by Crippen LogP contribution is -2.26. The van der Waals surface area contributed by atoms with Crippen LogP contribution in [0.25, 0.3) is 0 Å². The van der Waals surface area contributed by atoms with Gasteiger partial charge in [0.1, 0.15) is 11.0 Å². The quantitative estimate of drug-likeness (QED) is 0.585. The van der Waals surface area contributed by atoms with Gasteiger partial charge in [0.2, 0.25) is 5.91 Å². The molecular formula is C15H17N3O4S. The van der Waals surface area contributed by atoms with E-state index in [0.29, 0.717) is 11.8 Å². The van der Waals surface area contributed by atoms with E-state index in [2.05, 4.69) is 15.5 Å². The van der Waals surface area contributed by atoms with Crippen molar-refractivity contribution in [2.75, 3.05) is 6.61 Å². The van der Waals surface area contributed by atoms with Gasteiger partial charge in [0.05, 0.1) is 19.2 Å². The second-order valence-corrected chi connectivity index (χ2v) is 5.95. The fourth-order valence-electron chi connectivity index (χ4n) is 1.76. The lowest BCUT2D eigenvalue weighted by molar-refractivity contribution is -0.138. The minimum Gasteiger partial charge on any atom is -0.494 e. The standard InChI is InChI=1S/C15H17N3O4S/c1-2-7-22-11-5-3-10(4-6-11)9-16-18-15-17-14(21)12(23-15)8-13(19)20/h3-6,9,12H,2,7-8H2,1H3,(H,19,20)(H,17,18,21)/t12-/m0/s1. The summed E-state index contributed by atoms with van der Waals surface area (Å²) >= 11 is 1.07. The lowest BCUT2D eigenvalue weighted by Gasteiger charge is -2.03. The molecule has 122 valence electrons. The van der Waals surface area contributed by atoms with Gasteiger partial charge in [-0.1, -0.05) is 18.7 Å². The largest absolute Gasteiger partial charge is 0.494 e. The van der Waals surface area contributed by atoms with E-state index in [0.717, 1.165) is 29.5 Å². The Labute approximate surface area is 137 Å². The van der Waals surface area contributed by atoms with Crippen molar-refractivity contribution < 1.29 is 19.4 Å². The van der Waals surface area contributed by atoms with Crippen molar-refractivity contribution in [2.45, 2.75) is 25.0 Å². The molecule has 0 aliphatic carbocycles. The number of carbonyl (C=O) groups excluding carboxylic acids is 1. The summed E-state index contributed by atoms with van der Waals surface area (Å²) in [5.41, 5.74) is 0.842. The summed E-state index contributed by atoms with van der Waals surface area (Å²) in [7, 11) is 0. The summed E-state index contributed by atoms with van der Waals surface area (Å²) in [5, 5.41) is 18.7. The molecule has 2 rings (SSSR count). The van der Waals surface area contributed by atoms with Gasteiger partial charge in [0.15, 0.2) is 5.17 Å². The molecule has 1 atom stereocenters. The first-order chi connectivity index (χ1) is 11.1. The molecule has 2 N–H and O–H groups in total. The molecule has 8 heteroatoms. The fraction of sp³-hybridized carbons (Fsp3) is 0.333. The van der Waals surface area contributed by atoms with Gasteiger partial charge in [-0.2, -0.15) is 5.10 Å². The van der Waals surface area contributed by atoms with Gasteiger partial charge < -0.3 is 15.2 Å². The molecule has 1 amide bonds. The number of amides is 1. The van der Waals surface area contributed by atoms with Crippen LogP contribution in [0.4, 0.5) is 0 Å². The molecule has 1 saturated heterocycles. The Hall–Kier alpha value is -2.35. The number of carboxylic acid groups (broad SMARTS) is 1. The van der Waals surface area contributed by atoms with Gasteiger partial charge in [-0.25, -0.2) is 0 Å². The molecule has 0 spiro atoms. The monoisotopic (exact) mass is 335 g/mol. The third kappa shape index (κ3) is 5.41. The van der Waals surface area contributed by atoms with E-state index in [9.17, 15) is 9.59 Å². The van der Waals surface area contributed by atoms with Crippen molar-refractivity contribution in [3.63, 3.8) is 0 Å². The van der Waals surface area contributed by atoms with Gasteiger partial charge >= 0.3 is 5.97 Å². The minimum absolute atomic E-state index is 0.238. The Morgan fingerprint density at radius 1 is 1.43 bits per heavy atom. The van der Waals surface area contributed by atoms with E-state index in [1.54, 1.807) is 6.21 Å². The van der Waals surface area contributed by atoms with E-state index in [1.807, 2.05) is 31.2 Å². The molecule has 0 radical (unpaired) electrons. The minimum atomic E-state index is -1.02. The van der Waals surface area contributed by atoms with Crippen molar-refractivity contribution in [1.82, 2.24) is 5.32 Å². The first kappa shape index (κ1) is 17.0. The molecule has 1 aromatic carbocycles. The fourth-order valence-corrected chi connectivity index (χ4v) is 2.68. The topological polar surface area (TPSA) is 100 Å². The van der Waals surface area contributed by atoms with Crippen LogP contribution in [0.1, 0.15) is 25.3 Å². The number of rotatable bonds is 7. The second kappa shape index (κ2) is 8.33. The average molecular weight is 335 g/mol. The maximum atomic E-state index is 11.5. The van der Waals surface area contributed by atoms with Crippen LogP contribution in [0.15, 0.2) is 34.5 Å². The summed E-state index contributed by atoms with van der Waals surface area (Å²) in [6, 6.07) is 7.39. The van der Waals surface area contributed by atoms with Gasteiger partial charge in [0.25, 0.3) is 0 Å². The third-order valence-electron chi connectivity index (χ3n) is 2.84. The lowest BCUT2D eigenvalue weighted by atomic mass is 10.2. The number of amidine groups is 1. The van der Waals surface area contributed by atoms with Gasteiger partial charge in [-0.05, 0) is 36.2 Å². The highest BCUT2D eigenvalue weighted by molar-refractivity contribution is 8.15. The molecule has 23 heavy (non-hydrogen) atoms. The molecule has 7 nitrogen and oxygen atoms in total. The zero-order valence-electron chi connectivity index (χ0n) is 12.6. The number of aliphatic carboxylic acids is 1. The number of nitrogens with zero attached hydrogens (tertiary/aromatic N) is 2. The molecular weight excluding hydrogens is 318 g/mol. The number of ether oxygens (including phenoxy) is 1. The van der Waals surface area contributed by atoms with Crippen LogP contribution in [0.3, 0.4) is 0 Å². The number of carbonyl (C=O) groups is 2. The Kier molecular flexibility index (Phi) is 6.16. The van der Waals surface area contributed by atoms with Crippen LogP contribution in [0, 0.1) is 0 Å². The first-order valence-electron chi connectivity index (χ1n) is 7.11. The highest BCUT2D eigenvalue weighted by Crippen LogP contribution is 2.22. The molecule has 0 unspecified atom stereocenters. The number of hydrogen-bond acceptors (Lipinski definition) is 6. The van der Waals surface area contributed by atoms with Gasteiger partial charge in [0, 0.05) is 0 Å². The summed E-state index contributed by atoms with van der Waals surface area (Å²) in [4.78, 5) is 22.2. The Morgan fingerprint density at radius 3 is 2.83 bits per heavy atom. The summed E-state index contributed by atoms with van der Waals surface area (Å²) in [6.45, 7) is 2.72. The molecule has 1 heterocycles. The van der Waals surface area contributed by atoms with Crippen molar-refractivity contribution in [3.05, 3.63) is 29.8 Å².